The third kappa shape index (κ3) is 4.33. The summed E-state index contributed by atoms with van der Waals surface area (Å²) in [7, 11) is -1.76. The average Bonchev–Trinajstić information content (AvgIpc) is 3.26. The number of anilines is 1. The number of rotatable bonds is 6. The molecule has 7 nitrogen and oxygen atoms in total. The molecule has 4 rings (SSSR count). The molecule has 3 heterocycles. The van der Waals surface area contributed by atoms with Gasteiger partial charge in [-0.2, -0.15) is 0 Å². The molecule has 1 amide bonds. The van der Waals surface area contributed by atoms with Crippen LogP contribution in [0.4, 0.5) is 5.69 Å². The Kier molecular flexibility index (Phi) is 5.76. The highest BCUT2D eigenvalue weighted by molar-refractivity contribution is 7.91. The van der Waals surface area contributed by atoms with E-state index in [9.17, 15) is 13.2 Å². The van der Waals surface area contributed by atoms with Gasteiger partial charge in [0, 0.05) is 56.1 Å². The highest BCUT2D eigenvalue weighted by Gasteiger charge is 2.26. The van der Waals surface area contributed by atoms with Crippen molar-refractivity contribution >= 4 is 32.4 Å². The van der Waals surface area contributed by atoms with Gasteiger partial charge in [0.05, 0.1) is 16.9 Å². The second kappa shape index (κ2) is 8.47. The standard InChI is InChI=1S/C22H25N3O4S/c1-24(18-6-12-25(13-7-18)19-4-10-23-11-5-19)22(26)9-15-30(27,28)20-2-3-21-17(16-20)8-14-29-21/h2-5,8,10-11,14,16,18H,6-7,9,12-13,15H2,1H3. The van der Waals surface area contributed by atoms with Gasteiger partial charge in [-0.25, -0.2) is 8.42 Å². The monoisotopic (exact) mass is 427 g/mol. The predicted molar refractivity (Wildman–Crippen MR) is 115 cm³/mol. The SMILES string of the molecule is CN(C(=O)CCS(=O)(=O)c1ccc2occc2c1)C1CCN(c2ccncc2)CC1. The molecule has 0 bridgehead atoms. The van der Waals surface area contributed by atoms with Crippen molar-refractivity contribution in [3.63, 3.8) is 0 Å². The minimum absolute atomic E-state index is 0.0210. The van der Waals surface area contributed by atoms with Gasteiger partial charge in [0.25, 0.3) is 0 Å². The molecule has 1 aliphatic rings. The number of piperidine rings is 1. The highest BCUT2D eigenvalue weighted by Crippen LogP contribution is 2.23. The Balaban J connectivity index is 1.32. The van der Waals surface area contributed by atoms with Crippen LogP contribution >= 0.6 is 0 Å². The van der Waals surface area contributed by atoms with Crippen molar-refractivity contribution in [2.24, 2.45) is 0 Å². The number of nitrogens with zero attached hydrogens (tertiary/aromatic N) is 3. The van der Waals surface area contributed by atoms with E-state index < -0.39 is 9.84 Å². The number of aromatic nitrogens is 1. The first kappa shape index (κ1) is 20.4. The van der Waals surface area contributed by atoms with E-state index in [2.05, 4.69) is 9.88 Å². The van der Waals surface area contributed by atoms with Crippen LogP contribution in [0, 0.1) is 0 Å². The van der Waals surface area contributed by atoms with Gasteiger partial charge in [-0.15, -0.1) is 0 Å². The lowest BCUT2D eigenvalue weighted by atomic mass is 10.0. The Labute approximate surface area is 176 Å². The molecule has 0 aliphatic carbocycles. The molecule has 3 aromatic rings. The predicted octanol–water partition coefficient (Wildman–Crippen LogP) is 3.12. The zero-order valence-electron chi connectivity index (χ0n) is 16.9. The van der Waals surface area contributed by atoms with E-state index in [0.29, 0.717) is 5.58 Å². The maximum absolute atomic E-state index is 12.7. The first-order valence-electron chi connectivity index (χ1n) is 10.0. The summed E-state index contributed by atoms with van der Waals surface area (Å²) in [6, 6.07) is 10.6. The van der Waals surface area contributed by atoms with Crippen LogP contribution in [0.3, 0.4) is 0 Å². The molecule has 8 heteroatoms. The van der Waals surface area contributed by atoms with Crippen molar-refractivity contribution in [2.45, 2.75) is 30.2 Å². The summed E-state index contributed by atoms with van der Waals surface area (Å²) < 4.78 is 30.6. The third-order valence-corrected chi connectivity index (χ3v) is 7.51. The largest absolute Gasteiger partial charge is 0.464 e. The van der Waals surface area contributed by atoms with Gasteiger partial charge in [0.2, 0.25) is 5.91 Å². The molecular formula is C22H25N3O4S. The number of furan rings is 1. The van der Waals surface area contributed by atoms with Gasteiger partial charge in [-0.1, -0.05) is 0 Å². The lowest BCUT2D eigenvalue weighted by molar-refractivity contribution is -0.131. The quantitative estimate of drug-likeness (QED) is 0.601. The number of benzene rings is 1. The second-order valence-corrected chi connectivity index (χ2v) is 9.73. The van der Waals surface area contributed by atoms with Gasteiger partial charge in [-0.3, -0.25) is 9.78 Å². The summed E-state index contributed by atoms with van der Waals surface area (Å²) in [4.78, 5) is 20.9. The van der Waals surface area contributed by atoms with Crippen molar-refractivity contribution in [1.29, 1.82) is 0 Å². The molecule has 1 saturated heterocycles. The summed E-state index contributed by atoms with van der Waals surface area (Å²) in [5, 5.41) is 0.737. The number of amides is 1. The number of carbonyl (C=O) groups is 1. The Hall–Kier alpha value is -2.87. The van der Waals surface area contributed by atoms with Crippen LogP contribution in [0.25, 0.3) is 11.0 Å². The summed E-state index contributed by atoms with van der Waals surface area (Å²) in [6.45, 7) is 1.71. The number of fused-ring (bicyclic) bond motifs is 1. The molecule has 1 aliphatic heterocycles. The summed E-state index contributed by atoms with van der Waals surface area (Å²) >= 11 is 0. The van der Waals surface area contributed by atoms with E-state index in [1.165, 1.54) is 12.3 Å². The number of hydrogen-bond acceptors (Lipinski definition) is 6. The van der Waals surface area contributed by atoms with E-state index >= 15 is 0 Å². The zero-order chi connectivity index (χ0) is 21.1. The molecule has 1 aromatic carbocycles. The molecular weight excluding hydrogens is 402 g/mol. The molecule has 30 heavy (non-hydrogen) atoms. The zero-order valence-corrected chi connectivity index (χ0v) is 17.7. The van der Waals surface area contributed by atoms with Crippen LogP contribution in [-0.4, -0.2) is 56.1 Å². The molecule has 0 saturated carbocycles. The smallest absolute Gasteiger partial charge is 0.223 e. The normalized spacial score (nSPS) is 15.4. The van der Waals surface area contributed by atoms with Crippen molar-refractivity contribution < 1.29 is 17.6 Å². The Morgan fingerprint density at radius 3 is 2.63 bits per heavy atom. The summed E-state index contributed by atoms with van der Waals surface area (Å²) in [6.07, 6.45) is 6.78. The summed E-state index contributed by atoms with van der Waals surface area (Å²) in [5.74, 6) is -0.333. The Bertz CT molecular complexity index is 1120. The Morgan fingerprint density at radius 1 is 1.17 bits per heavy atom. The maximum Gasteiger partial charge on any atom is 0.223 e. The molecule has 0 radical (unpaired) electrons. The number of hydrogen-bond donors (Lipinski definition) is 0. The fourth-order valence-corrected chi connectivity index (χ4v) is 5.18. The molecule has 0 spiro atoms. The fraction of sp³-hybridized carbons (Fsp3) is 0.364. The minimum atomic E-state index is -3.54. The van der Waals surface area contributed by atoms with Gasteiger partial charge in [0.15, 0.2) is 9.84 Å². The highest BCUT2D eigenvalue weighted by atomic mass is 32.2. The lowest BCUT2D eigenvalue weighted by Crippen LogP contribution is -2.46. The topological polar surface area (TPSA) is 83.7 Å². The van der Waals surface area contributed by atoms with Crippen LogP contribution in [-0.2, 0) is 14.6 Å². The van der Waals surface area contributed by atoms with Crippen molar-refractivity contribution in [2.75, 3.05) is 30.8 Å². The van der Waals surface area contributed by atoms with Gasteiger partial charge >= 0.3 is 0 Å². The van der Waals surface area contributed by atoms with Crippen LogP contribution < -0.4 is 4.90 Å². The van der Waals surface area contributed by atoms with Crippen molar-refractivity contribution in [3.05, 3.63) is 55.1 Å². The van der Waals surface area contributed by atoms with Crippen LogP contribution in [0.1, 0.15) is 19.3 Å². The molecule has 158 valence electrons. The van der Waals surface area contributed by atoms with Gasteiger partial charge in [0.1, 0.15) is 5.58 Å². The van der Waals surface area contributed by atoms with E-state index in [-0.39, 0.29) is 29.0 Å². The Morgan fingerprint density at radius 2 is 1.90 bits per heavy atom. The van der Waals surface area contributed by atoms with E-state index in [4.69, 9.17) is 4.42 Å². The van der Waals surface area contributed by atoms with Crippen LogP contribution in [0.15, 0.2) is 64.4 Å². The van der Waals surface area contributed by atoms with Crippen molar-refractivity contribution in [1.82, 2.24) is 9.88 Å². The summed E-state index contributed by atoms with van der Waals surface area (Å²) in [5.41, 5.74) is 1.78. The fourth-order valence-electron chi connectivity index (χ4n) is 3.92. The maximum atomic E-state index is 12.7. The first-order valence-corrected chi connectivity index (χ1v) is 11.7. The molecule has 0 N–H and O–H groups in total. The van der Waals surface area contributed by atoms with Gasteiger partial charge in [-0.05, 0) is 49.2 Å². The molecule has 1 fully saturated rings. The first-order chi connectivity index (χ1) is 14.4. The van der Waals surface area contributed by atoms with E-state index in [0.717, 1.165) is 37.0 Å². The van der Waals surface area contributed by atoms with Gasteiger partial charge < -0.3 is 14.2 Å². The molecule has 2 aromatic heterocycles. The van der Waals surface area contributed by atoms with E-state index in [1.807, 2.05) is 12.1 Å². The van der Waals surface area contributed by atoms with Crippen LogP contribution in [0.5, 0.6) is 0 Å². The second-order valence-electron chi connectivity index (χ2n) is 7.62. The van der Waals surface area contributed by atoms with Crippen molar-refractivity contribution in [3.8, 4) is 0 Å². The lowest BCUT2D eigenvalue weighted by Gasteiger charge is -2.37. The third-order valence-electron chi connectivity index (χ3n) is 5.80. The number of pyridine rings is 1. The molecule has 0 atom stereocenters. The van der Waals surface area contributed by atoms with E-state index in [1.54, 1.807) is 42.5 Å². The number of carbonyl (C=O) groups excluding carboxylic acids is 1. The number of sulfone groups is 1. The average molecular weight is 428 g/mol. The van der Waals surface area contributed by atoms with Crippen LogP contribution in [0.2, 0.25) is 0 Å². The molecule has 0 unspecified atom stereocenters. The minimum Gasteiger partial charge on any atom is -0.464 e.